The van der Waals surface area contributed by atoms with E-state index >= 15 is 0 Å². The van der Waals surface area contributed by atoms with Crippen molar-refractivity contribution in [2.75, 3.05) is 7.11 Å². The second-order valence-electron chi connectivity index (χ2n) is 1.75. The molecule has 1 aromatic heterocycles. The second kappa shape index (κ2) is 4.68. The van der Waals surface area contributed by atoms with Crippen molar-refractivity contribution in [1.82, 2.24) is 4.98 Å². The van der Waals surface area contributed by atoms with Crippen molar-refractivity contribution in [2.45, 2.75) is 0 Å². The molecule has 0 fully saturated rings. The van der Waals surface area contributed by atoms with Crippen molar-refractivity contribution < 1.29 is 4.74 Å². The van der Waals surface area contributed by atoms with Crippen LogP contribution in [0.2, 0.25) is 0 Å². The molecular formula is C7H9ClN2O. The van der Waals surface area contributed by atoms with E-state index < -0.39 is 0 Å². The van der Waals surface area contributed by atoms with Crippen LogP contribution in [0.15, 0.2) is 24.4 Å². The van der Waals surface area contributed by atoms with Gasteiger partial charge >= 0.3 is 0 Å². The maximum Gasteiger partial charge on any atom is 0.232 e. The third-order valence-electron chi connectivity index (χ3n) is 1.10. The van der Waals surface area contributed by atoms with E-state index in [-0.39, 0.29) is 18.3 Å². The first-order valence-corrected chi connectivity index (χ1v) is 2.88. The Morgan fingerprint density at radius 1 is 1.55 bits per heavy atom. The summed E-state index contributed by atoms with van der Waals surface area (Å²) in [6.07, 6.45) is 1.63. The lowest BCUT2D eigenvalue weighted by Gasteiger charge is -1.98. The van der Waals surface area contributed by atoms with Crippen LogP contribution in [-0.2, 0) is 4.74 Å². The van der Waals surface area contributed by atoms with Crippen LogP contribution in [0.3, 0.4) is 0 Å². The monoisotopic (exact) mass is 172 g/mol. The van der Waals surface area contributed by atoms with Gasteiger partial charge in [-0.15, -0.1) is 12.4 Å². The van der Waals surface area contributed by atoms with Crippen molar-refractivity contribution >= 4 is 18.3 Å². The molecule has 0 aliphatic rings. The number of methoxy groups -OCH3 is 1. The largest absolute Gasteiger partial charge is 0.480 e. The molecule has 0 unspecified atom stereocenters. The number of nitrogens with one attached hydrogen (secondary N) is 1. The predicted octanol–water partition coefficient (Wildman–Crippen LogP) is 1.48. The summed E-state index contributed by atoms with van der Waals surface area (Å²) in [5, 5.41) is 7.19. The number of pyridine rings is 1. The number of rotatable bonds is 1. The summed E-state index contributed by atoms with van der Waals surface area (Å²) in [5.74, 6) is 0.0978. The highest BCUT2D eigenvalue weighted by atomic mass is 35.5. The zero-order valence-corrected chi connectivity index (χ0v) is 6.89. The van der Waals surface area contributed by atoms with Crippen molar-refractivity contribution in [3.8, 4) is 0 Å². The molecule has 0 bridgehead atoms. The molecule has 0 atom stereocenters. The lowest BCUT2D eigenvalue weighted by Crippen LogP contribution is -2.02. The zero-order valence-electron chi connectivity index (χ0n) is 6.07. The Kier molecular flexibility index (Phi) is 4.22. The van der Waals surface area contributed by atoms with Crippen LogP contribution in [0.25, 0.3) is 0 Å². The molecule has 1 N–H and O–H groups in total. The Balaban J connectivity index is 0.000001000. The smallest absolute Gasteiger partial charge is 0.232 e. The molecule has 0 radical (unpaired) electrons. The van der Waals surface area contributed by atoms with Gasteiger partial charge in [-0.2, -0.15) is 0 Å². The van der Waals surface area contributed by atoms with Crippen LogP contribution in [0.1, 0.15) is 5.69 Å². The van der Waals surface area contributed by atoms with Crippen molar-refractivity contribution in [3.63, 3.8) is 0 Å². The molecule has 1 rings (SSSR count). The Labute approximate surface area is 71.3 Å². The first kappa shape index (κ1) is 9.91. The predicted molar refractivity (Wildman–Crippen MR) is 45.3 cm³/mol. The summed E-state index contributed by atoms with van der Waals surface area (Å²) in [6, 6.07) is 5.34. The van der Waals surface area contributed by atoms with Gasteiger partial charge in [0.2, 0.25) is 5.90 Å². The molecule has 1 aromatic rings. The van der Waals surface area contributed by atoms with Crippen molar-refractivity contribution in [2.24, 2.45) is 0 Å². The molecule has 0 aliphatic heterocycles. The van der Waals surface area contributed by atoms with Crippen molar-refractivity contribution in [3.05, 3.63) is 30.1 Å². The zero-order chi connectivity index (χ0) is 7.40. The minimum atomic E-state index is 0. The summed E-state index contributed by atoms with van der Waals surface area (Å²) in [6.45, 7) is 0. The van der Waals surface area contributed by atoms with E-state index in [9.17, 15) is 0 Å². The van der Waals surface area contributed by atoms with Gasteiger partial charge in [-0.1, -0.05) is 6.07 Å². The SMILES string of the molecule is COC(=N)c1ccccn1.Cl. The normalized spacial score (nSPS) is 8.09. The maximum absolute atomic E-state index is 7.19. The number of hydrogen-bond donors (Lipinski definition) is 1. The van der Waals surface area contributed by atoms with Crippen LogP contribution < -0.4 is 0 Å². The summed E-state index contributed by atoms with van der Waals surface area (Å²) in [5.41, 5.74) is 0.560. The molecule has 3 nitrogen and oxygen atoms in total. The van der Waals surface area contributed by atoms with Crippen molar-refractivity contribution in [1.29, 1.82) is 5.41 Å². The fourth-order valence-electron chi connectivity index (χ4n) is 0.602. The molecule has 0 aromatic carbocycles. The highest BCUT2D eigenvalue weighted by Crippen LogP contribution is 1.93. The molecule has 0 aliphatic carbocycles. The molecular weight excluding hydrogens is 164 g/mol. The fourth-order valence-corrected chi connectivity index (χ4v) is 0.602. The van der Waals surface area contributed by atoms with E-state index in [0.29, 0.717) is 5.69 Å². The van der Waals surface area contributed by atoms with E-state index in [0.717, 1.165) is 0 Å². The number of nitrogens with zero attached hydrogens (tertiary/aromatic N) is 1. The van der Waals surface area contributed by atoms with Crippen LogP contribution >= 0.6 is 12.4 Å². The standard InChI is InChI=1S/C7H8N2O.ClH/c1-10-7(8)6-4-2-3-5-9-6;/h2-5,8H,1H3;1H. The highest BCUT2D eigenvalue weighted by molar-refractivity contribution is 5.89. The molecule has 1 heterocycles. The first-order chi connectivity index (χ1) is 4.84. The first-order valence-electron chi connectivity index (χ1n) is 2.88. The van der Waals surface area contributed by atoms with Crippen LogP contribution in [0, 0.1) is 5.41 Å². The van der Waals surface area contributed by atoms with E-state index in [1.807, 2.05) is 6.07 Å². The van der Waals surface area contributed by atoms with Gasteiger partial charge < -0.3 is 4.74 Å². The number of halogens is 1. The number of aromatic nitrogens is 1. The number of ether oxygens (including phenoxy) is 1. The fraction of sp³-hybridized carbons (Fsp3) is 0.143. The molecule has 0 saturated carbocycles. The Morgan fingerprint density at radius 2 is 2.27 bits per heavy atom. The number of hydrogen-bond acceptors (Lipinski definition) is 3. The third kappa shape index (κ3) is 2.55. The van der Waals surface area contributed by atoms with Gasteiger partial charge in [-0.25, -0.2) is 0 Å². The Morgan fingerprint density at radius 3 is 2.73 bits per heavy atom. The molecule has 0 saturated heterocycles. The van der Waals surface area contributed by atoms with Crippen LogP contribution in [-0.4, -0.2) is 18.0 Å². The summed E-state index contributed by atoms with van der Waals surface area (Å²) >= 11 is 0. The van der Waals surface area contributed by atoms with Gasteiger partial charge in [0.05, 0.1) is 7.11 Å². The quantitative estimate of drug-likeness (QED) is 0.515. The minimum Gasteiger partial charge on any atom is -0.480 e. The maximum atomic E-state index is 7.19. The van der Waals surface area contributed by atoms with Gasteiger partial charge in [0.25, 0.3) is 0 Å². The van der Waals surface area contributed by atoms with Crippen LogP contribution in [0.5, 0.6) is 0 Å². The lowest BCUT2D eigenvalue weighted by molar-refractivity contribution is 0.399. The van der Waals surface area contributed by atoms with E-state index in [4.69, 9.17) is 5.41 Å². The van der Waals surface area contributed by atoms with Gasteiger partial charge in [0.1, 0.15) is 5.69 Å². The second-order valence-corrected chi connectivity index (χ2v) is 1.75. The molecule has 11 heavy (non-hydrogen) atoms. The lowest BCUT2D eigenvalue weighted by atomic mass is 10.3. The van der Waals surface area contributed by atoms with E-state index in [1.54, 1.807) is 18.3 Å². The van der Waals surface area contributed by atoms with Gasteiger partial charge in [-0.05, 0) is 12.1 Å². The molecule has 4 heteroatoms. The molecule has 0 spiro atoms. The Hall–Kier alpha value is -1.09. The minimum absolute atomic E-state index is 0. The topological polar surface area (TPSA) is 46.0 Å². The average molecular weight is 173 g/mol. The highest BCUT2D eigenvalue weighted by Gasteiger charge is 1.97. The van der Waals surface area contributed by atoms with Gasteiger partial charge in [0, 0.05) is 6.20 Å². The third-order valence-corrected chi connectivity index (χ3v) is 1.10. The molecule has 0 amide bonds. The van der Waals surface area contributed by atoms with Crippen LogP contribution in [0.4, 0.5) is 0 Å². The summed E-state index contributed by atoms with van der Waals surface area (Å²) in [7, 11) is 1.46. The van der Waals surface area contributed by atoms with E-state index in [1.165, 1.54) is 7.11 Å². The average Bonchev–Trinajstić information content (AvgIpc) is 2.05. The summed E-state index contributed by atoms with van der Waals surface area (Å²) in [4.78, 5) is 3.90. The van der Waals surface area contributed by atoms with E-state index in [2.05, 4.69) is 9.72 Å². The summed E-state index contributed by atoms with van der Waals surface area (Å²) < 4.78 is 4.66. The van der Waals surface area contributed by atoms with Gasteiger partial charge in [0.15, 0.2) is 0 Å². The Bertz CT molecular complexity index is 225. The van der Waals surface area contributed by atoms with Gasteiger partial charge in [-0.3, -0.25) is 10.4 Å². The molecule has 60 valence electrons.